The third kappa shape index (κ3) is 13.4. The highest BCUT2D eigenvalue weighted by atomic mass is 16.5. The molecule has 0 unspecified atom stereocenters. The van der Waals surface area contributed by atoms with Gasteiger partial charge in [0, 0.05) is 0 Å². The highest BCUT2D eigenvalue weighted by molar-refractivity contribution is 4.67. The van der Waals surface area contributed by atoms with E-state index in [1.807, 2.05) is 0 Å². The first-order chi connectivity index (χ1) is 7.41. The van der Waals surface area contributed by atoms with Gasteiger partial charge in [0.2, 0.25) is 0 Å². The topological polar surface area (TPSA) is 9.23 Å². The van der Waals surface area contributed by atoms with Crippen LogP contribution in [-0.4, -0.2) is 6.61 Å². The van der Waals surface area contributed by atoms with Crippen molar-refractivity contribution in [2.24, 2.45) is 0 Å². The second-order valence-electron chi connectivity index (χ2n) is 4.15. The van der Waals surface area contributed by atoms with Gasteiger partial charge in [0.15, 0.2) is 0 Å². The van der Waals surface area contributed by atoms with Crippen LogP contribution in [0.25, 0.3) is 0 Å². The van der Waals surface area contributed by atoms with Crippen LogP contribution in [0.3, 0.4) is 0 Å². The Morgan fingerprint density at radius 3 is 1.73 bits per heavy atom. The van der Waals surface area contributed by atoms with Crippen LogP contribution in [0.15, 0.2) is 0 Å². The van der Waals surface area contributed by atoms with Crippen molar-refractivity contribution in [1.82, 2.24) is 0 Å². The molecule has 88 valence electrons. The normalized spacial score (nSPS) is 9.87. The first kappa shape index (κ1) is 14.4. The second kappa shape index (κ2) is 13.4. The molecule has 0 atom stereocenters. The fourth-order valence-electron chi connectivity index (χ4n) is 1.72. The fraction of sp³-hybridized carbons (Fsp3) is 0.857. The highest BCUT2D eigenvalue weighted by Gasteiger charge is 1.92. The molecule has 0 saturated carbocycles. The van der Waals surface area contributed by atoms with Crippen LogP contribution >= 0.6 is 0 Å². The molecule has 0 fully saturated rings. The van der Waals surface area contributed by atoms with E-state index < -0.39 is 0 Å². The molecule has 0 saturated heterocycles. The third-order valence-electron chi connectivity index (χ3n) is 2.68. The SMILES string of the molecule is C#COCCCCCCCCCCCC. The van der Waals surface area contributed by atoms with Crippen molar-refractivity contribution in [2.45, 2.75) is 71.1 Å². The average molecular weight is 210 g/mol. The maximum Gasteiger partial charge on any atom is 0.106 e. The Bertz CT molecular complexity index is 146. The first-order valence-corrected chi connectivity index (χ1v) is 6.49. The molecule has 0 aliphatic carbocycles. The minimum Gasteiger partial charge on any atom is -0.447 e. The molecular weight excluding hydrogens is 184 g/mol. The van der Waals surface area contributed by atoms with Crippen molar-refractivity contribution in [2.75, 3.05) is 6.61 Å². The molecule has 0 spiro atoms. The van der Waals surface area contributed by atoms with Crippen molar-refractivity contribution in [3.63, 3.8) is 0 Å². The molecule has 0 aromatic rings. The molecule has 15 heavy (non-hydrogen) atoms. The predicted octanol–water partition coefficient (Wildman–Crippen LogP) is 4.51. The first-order valence-electron chi connectivity index (χ1n) is 6.49. The zero-order valence-corrected chi connectivity index (χ0v) is 10.3. The van der Waals surface area contributed by atoms with E-state index in [0.29, 0.717) is 0 Å². The van der Waals surface area contributed by atoms with Gasteiger partial charge >= 0.3 is 0 Å². The summed E-state index contributed by atoms with van der Waals surface area (Å²) in [6, 6.07) is 0. The average Bonchev–Trinajstić information content (AvgIpc) is 2.26. The van der Waals surface area contributed by atoms with E-state index in [9.17, 15) is 0 Å². The lowest BCUT2D eigenvalue weighted by molar-refractivity contribution is 0.267. The van der Waals surface area contributed by atoms with Crippen molar-refractivity contribution < 1.29 is 4.74 Å². The molecule has 0 aliphatic heterocycles. The monoisotopic (exact) mass is 210 g/mol. The van der Waals surface area contributed by atoms with Gasteiger partial charge in [0.25, 0.3) is 0 Å². The predicted molar refractivity (Wildman–Crippen MR) is 66.6 cm³/mol. The maximum absolute atomic E-state index is 4.98. The van der Waals surface area contributed by atoms with Crippen LogP contribution in [0, 0.1) is 12.5 Å². The molecule has 0 aromatic carbocycles. The molecule has 0 bridgehead atoms. The summed E-state index contributed by atoms with van der Waals surface area (Å²) in [5.41, 5.74) is 0. The van der Waals surface area contributed by atoms with Crippen LogP contribution in [-0.2, 0) is 4.74 Å². The van der Waals surface area contributed by atoms with Gasteiger partial charge in [-0.15, -0.1) is 0 Å². The van der Waals surface area contributed by atoms with Crippen LogP contribution in [0.4, 0.5) is 0 Å². The number of hydrogen-bond acceptors (Lipinski definition) is 1. The minimum atomic E-state index is 0.729. The number of unbranched alkanes of at least 4 members (excludes halogenated alkanes) is 9. The quantitative estimate of drug-likeness (QED) is 0.360. The lowest BCUT2D eigenvalue weighted by Crippen LogP contribution is -1.88. The zero-order valence-electron chi connectivity index (χ0n) is 10.3. The van der Waals surface area contributed by atoms with Gasteiger partial charge in [-0.2, -0.15) is 0 Å². The summed E-state index contributed by atoms with van der Waals surface area (Å²) in [7, 11) is 0. The van der Waals surface area contributed by atoms with Gasteiger partial charge in [0.05, 0.1) is 0 Å². The summed E-state index contributed by atoms with van der Waals surface area (Å²) >= 11 is 0. The fourth-order valence-corrected chi connectivity index (χ4v) is 1.72. The number of hydrogen-bond donors (Lipinski definition) is 0. The molecule has 0 amide bonds. The molecule has 1 nitrogen and oxygen atoms in total. The maximum atomic E-state index is 4.98. The molecule has 0 heterocycles. The Labute approximate surface area is 95.6 Å². The Balaban J connectivity index is 2.84. The summed E-state index contributed by atoms with van der Waals surface area (Å²) in [6.45, 7) is 2.99. The van der Waals surface area contributed by atoms with E-state index in [1.54, 1.807) is 0 Å². The van der Waals surface area contributed by atoms with E-state index in [2.05, 4.69) is 13.0 Å². The van der Waals surface area contributed by atoms with Crippen LogP contribution in [0.1, 0.15) is 71.1 Å². The molecule has 0 rings (SSSR count). The van der Waals surface area contributed by atoms with Gasteiger partial charge in [-0.05, 0) is 6.42 Å². The van der Waals surface area contributed by atoms with Gasteiger partial charge < -0.3 is 4.74 Å². The van der Waals surface area contributed by atoms with Crippen LogP contribution in [0.5, 0.6) is 0 Å². The minimum absolute atomic E-state index is 0.729. The van der Waals surface area contributed by atoms with E-state index in [1.165, 1.54) is 57.8 Å². The number of terminal acetylenes is 1. The van der Waals surface area contributed by atoms with E-state index in [-0.39, 0.29) is 0 Å². The van der Waals surface area contributed by atoms with E-state index >= 15 is 0 Å². The number of ether oxygens (including phenoxy) is 1. The van der Waals surface area contributed by atoms with Crippen molar-refractivity contribution in [3.8, 4) is 12.5 Å². The summed E-state index contributed by atoms with van der Waals surface area (Å²) < 4.78 is 4.83. The lowest BCUT2D eigenvalue weighted by Gasteiger charge is -2.01. The summed E-state index contributed by atoms with van der Waals surface area (Å²) in [5, 5.41) is 0. The third-order valence-corrected chi connectivity index (χ3v) is 2.68. The van der Waals surface area contributed by atoms with Crippen LogP contribution < -0.4 is 0 Å². The molecule has 1 heteroatoms. The molecular formula is C14H26O. The highest BCUT2D eigenvalue weighted by Crippen LogP contribution is 2.10. The Hall–Kier alpha value is -0.640. The van der Waals surface area contributed by atoms with Gasteiger partial charge in [-0.25, -0.2) is 0 Å². The van der Waals surface area contributed by atoms with Crippen LogP contribution in [0.2, 0.25) is 0 Å². The Morgan fingerprint density at radius 1 is 0.800 bits per heavy atom. The molecule has 0 aromatic heterocycles. The zero-order chi connectivity index (χ0) is 11.2. The summed E-state index contributed by atoms with van der Waals surface area (Å²) in [5.74, 6) is 0. The van der Waals surface area contributed by atoms with Gasteiger partial charge in [-0.1, -0.05) is 71.1 Å². The van der Waals surface area contributed by atoms with E-state index in [4.69, 9.17) is 11.2 Å². The van der Waals surface area contributed by atoms with E-state index in [0.717, 1.165) is 13.0 Å². The molecule has 0 aliphatic rings. The molecule has 0 radical (unpaired) electrons. The summed E-state index contributed by atoms with van der Waals surface area (Å²) in [4.78, 5) is 0. The van der Waals surface area contributed by atoms with Gasteiger partial charge in [0.1, 0.15) is 12.7 Å². The Kier molecular flexibility index (Phi) is 12.8. The van der Waals surface area contributed by atoms with Crippen molar-refractivity contribution in [3.05, 3.63) is 0 Å². The summed E-state index contributed by atoms with van der Waals surface area (Å²) in [6.07, 6.45) is 20.7. The van der Waals surface area contributed by atoms with Gasteiger partial charge in [-0.3, -0.25) is 0 Å². The largest absolute Gasteiger partial charge is 0.447 e. The smallest absolute Gasteiger partial charge is 0.106 e. The van der Waals surface area contributed by atoms with Crippen molar-refractivity contribution in [1.29, 1.82) is 0 Å². The Morgan fingerprint density at radius 2 is 1.27 bits per heavy atom. The standard InChI is InChI=1S/C14H26O/c1-3-5-6-7-8-9-10-11-12-13-14-15-4-2/h2H,3,5-14H2,1H3. The molecule has 0 N–H and O–H groups in total. The number of rotatable bonds is 11. The second-order valence-corrected chi connectivity index (χ2v) is 4.15. The lowest BCUT2D eigenvalue weighted by atomic mass is 10.1. The van der Waals surface area contributed by atoms with Crippen molar-refractivity contribution >= 4 is 0 Å².